The van der Waals surface area contributed by atoms with Crippen LogP contribution in [0.4, 0.5) is 10.1 Å². The van der Waals surface area contributed by atoms with E-state index in [-0.39, 0.29) is 11.7 Å². The number of halogens is 2. The van der Waals surface area contributed by atoms with Crippen molar-refractivity contribution in [3.05, 3.63) is 69.3 Å². The lowest BCUT2D eigenvalue weighted by Gasteiger charge is -2.00. The van der Waals surface area contributed by atoms with E-state index >= 15 is 0 Å². The van der Waals surface area contributed by atoms with Gasteiger partial charge in [0.25, 0.3) is 5.91 Å². The summed E-state index contributed by atoms with van der Waals surface area (Å²) in [6, 6.07) is 11.4. The predicted molar refractivity (Wildman–Crippen MR) is 93.4 cm³/mol. The predicted octanol–water partition coefficient (Wildman–Crippen LogP) is 4.68. The molecule has 0 saturated carbocycles. The molecule has 3 rings (SSSR count). The second-order valence-electron chi connectivity index (χ2n) is 4.97. The Balaban J connectivity index is 1.82. The molecule has 2 aromatic rings. The molecule has 116 valence electrons. The number of amidine groups is 1. The highest BCUT2D eigenvalue weighted by Crippen LogP contribution is 2.29. The van der Waals surface area contributed by atoms with Crippen molar-refractivity contribution in [1.29, 1.82) is 0 Å². The fraction of sp³-hybridized carbons (Fsp3) is 0.0588. The van der Waals surface area contributed by atoms with Gasteiger partial charge < -0.3 is 5.32 Å². The number of nitrogens with zero attached hydrogens (tertiary/aromatic N) is 1. The number of aryl methyl sites for hydroxylation is 1. The molecule has 1 amide bonds. The van der Waals surface area contributed by atoms with Gasteiger partial charge in [-0.3, -0.25) is 4.79 Å². The van der Waals surface area contributed by atoms with Crippen molar-refractivity contribution in [2.75, 3.05) is 0 Å². The molecular weight excluding hydrogens is 335 g/mol. The third-order valence-electron chi connectivity index (χ3n) is 3.20. The van der Waals surface area contributed by atoms with E-state index in [1.54, 1.807) is 24.3 Å². The zero-order valence-electron chi connectivity index (χ0n) is 12.1. The number of carbonyl (C=O) groups excluding carboxylic acids is 1. The molecule has 0 aromatic heterocycles. The van der Waals surface area contributed by atoms with Gasteiger partial charge in [0.05, 0.1) is 10.6 Å². The monoisotopic (exact) mass is 346 g/mol. The smallest absolute Gasteiger partial charge is 0.264 e. The van der Waals surface area contributed by atoms with Crippen molar-refractivity contribution in [3.63, 3.8) is 0 Å². The van der Waals surface area contributed by atoms with Gasteiger partial charge in [-0.1, -0.05) is 29.8 Å². The van der Waals surface area contributed by atoms with Gasteiger partial charge in [-0.15, -0.1) is 0 Å². The maximum Gasteiger partial charge on any atom is 0.264 e. The minimum absolute atomic E-state index is 0.226. The normalized spacial score (nSPS) is 17.8. The van der Waals surface area contributed by atoms with Crippen LogP contribution < -0.4 is 5.32 Å². The first-order valence-corrected chi connectivity index (χ1v) is 8.02. The van der Waals surface area contributed by atoms with Gasteiger partial charge in [-0.2, -0.15) is 0 Å². The molecule has 0 bridgehead atoms. The molecular formula is C17H12ClFN2OS. The fourth-order valence-corrected chi connectivity index (χ4v) is 2.98. The van der Waals surface area contributed by atoms with Gasteiger partial charge in [0.15, 0.2) is 5.17 Å². The zero-order valence-corrected chi connectivity index (χ0v) is 13.7. The summed E-state index contributed by atoms with van der Waals surface area (Å²) in [4.78, 5) is 16.9. The number of benzene rings is 2. The average molecular weight is 347 g/mol. The number of carbonyl (C=O) groups is 1. The third-order valence-corrected chi connectivity index (χ3v) is 4.52. The third kappa shape index (κ3) is 3.81. The van der Waals surface area contributed by atoms with E-state index in [0.29, 0.717) is 20.8 Å². The average Bonchev–Trinajstić information content (AvgIpc) is 2.85. The first-order valence-electron chi connectivity index (χ1n) is 6.82. The quantitative estimate of drug-likeness (QED) is 0.802. The minimum atomic E-state index is -0.311. The number of hydrogen-bond acceptors (Lipinski definition) is 3. The van der Waals surface area contributed by atoms with Crippen LogP contribution in [0.25, 0.3) is 6.08 Å². The summed E-state index contributed by atoms with van der Waals surface area (Å²) >= 11 is 7.31. The van der Waals surface area contributed by atoms with Crippen molar-refractivity contribution in [2.45, 2.75) is 6.92 Å². The van der Waals surface area contributed by atoms with Crippen LogP contribution in [-0.4, -0.2) is 11.1 Å². The zero-order chi connectivity index (χ0) is 16.4. The molecule has 23 heavy (non-hydrogen) atoms. The van der Waals surface area contributed by atoms with Crippen molar-refractivity contribution < 1.29 is 9.18 Å². The molecule has 1 aliphatic rings. The molecule has 1 N–H and O–H groups in total. The minimum Gasteiger partial charge on any atom is -0.300 e. The van der Waals surface area contributed by atoms with E-state index in [2.05, 4.69) is 10.3 Å². The van der Waals surface area contributed by atoms with Crippen LogP contribution in [0, 0.1) is 12.7 Å². The molecule has 6 heteroatoms. The summed E-state index contributed by atoms with van der Waals surface area (Å²) in [6.07, 6.45) is 1.70. The van der Waals surface area contributed by atoms with Crippen LogP contribution >= 0.6 is 23.4 Å². The molecule has 1 saturated heterocycles. The summed E-state index contributed by atoms with van der Waals surface area (Å²) in [5.41, 5.74) is 2.39. The Bertz CT molecular complexity index is 831. The summed E-state index contributed by atoms with van der Waals surface area (Å²) in [7, 11) is 0. The van der Waals surface area contributed by atoms with Crippen molar-refractivity contribution in [1.82, 2.24) is 5.32 Å². The molecule has 3 nitrogen and oxygen atoms in total. The van der Waals surface area contributed by atoms with Crippen LogP contribution in [0.3, 0.4) is 0 Å². The van der Waals surface area contributed by atoms with E-state index in [9.17, 15) is 9.18 Å². The Morgan fingerprint density at radius 2 is 1.96 bits per heavy atom. The van der Waals surface area contributed by atoms with Gasteiger partial charge >= 0.3 is 0 Å². The molecule has 1 aliphatic heterocycles. The van der Waals surface area contributed by atoms with E-state index < -0.39 is 0 Å². The number of thioether (sulfide) groups is 1. The van der Waals surface area contributed by atoms with Crippen molar-refractivity contribution in [3.8, 4) is 0 Å². The van der Waals surface area contributed by atoms with Crippen LogP contribution in [0.5, 0.6) is 0 Å². The van der Waals surface area contributed by atoms with Crippen LogP contribution in [0.1, 0.15) is 11.1 Å². The van der Waals surface area contributed by atoms with E-state index in [0.717, 1.165) is 11.1 Å². The van der Waals surface area contributed by atoms with Crippen LogP contribution in [-0.2, 0) is 4.79 Å². The first kappa shape index (κ1) is 15.8. The lowest BCUT2D eigenvalue weighted by molar-refractivity contribution is -0.115. The SMILES string of the molecule is Cc1ccc(N=C2NC(=O)C(=Cc3ccc(F)cc3)S2)cc1Cl. The topological polar surface area (TPSA) is 41.5 Å². The summed E-state index contributed by atoms with van der Waals surface area (Å²) in [5, 5.41) is 3.82. The Hall–Kier alpha value is -2.11. The molecule has 1 heterocycles. The molecule has 0 atom stereocenters. The number of amides is 1. The molecule has 0 radical (unpaired) electrons. The Labute approximate surface area is 142 Å². The first-order chi connectivity index (χ1) is 11.0. The number of hydrogen-bond donors (Lipinski definition) is 1. The van der Waals surface area contributed by atoms with Gasteiger partial charge in [-0.25, -0.2) is 9.38 Å². The molecule has 0 aliphatic carbocycles. The molecule has 1 fully saturated rings. The van der Waals surface area contributed by atoms with Gasteiger partial charge in [0.1, 0.15) is 5.82 Å². The lowest BCUT2D eigenvalue weighted by atomic mass is 10.2. The van der Waals surface area contributed by atoms with Crippen LogP contribution in [0.15, 0.2) is 52.4 Å². The van der Waals surface area contributed by atoms with E-state index in [1.165, 1.54) is 23.9 Å². The Morgan fingerprint density at radius 3 is 2.65 bits per heavy atom. The maximum atomic E-state index is 12.9. The fourth-order valence-electron chi connectivity index (χ4n) is 1.96. The number of rotatable bonds is 2. The van der Waals surface area contributed by atoms with Crippen molar-refractivity contribution >= 4 is 46.2 Å². The number of aliphatic imine (C=N–C) groups is 1. The Kier molecular flexibility index (Phi) is 4.50. The molecule has 0 spiro atoms. The van der Waals surface area contributed by atoms with Gasteiger partial charge in [0, 0.05) is 5.02 Å². The standard InChI is InChI=1S/C17H12ClFN2OS/c1-10-2-7-13(9-14(10)18)20-17-21-16(22)15(23-17)8-11-3-5-12(19)6-4-11/h2-9H,1H3,(H,20,21,22). The highest BCUT2D eigenvalue weighted by Gasteiger charge is 2.23. The summed E-state index contributed by atoms with van der Waals surface area (Å²) in [6.45, 7) is 1.91. The molecule has 2 aromatic carbocycles. The second-order valence-corrected chi connectivity index (χ2v) is 6.40. The number of nitrogens with one attached hydrogen (secondary N) is 1. The molecule has 0 unspecified atom stereocenters. The largest absolute Gasteiger partial charge is 0.300 e. The lowest BCUT2D eigenvalue weighted by Crippen LogP contribution is -2.19. The van der Waals surface area contributed by atoms with Gasteiger partial charge in [0.2, 0.25) is 0 Å². The maximum absolute atomic E-state index is 12.9. The van der Waals surface area contributed by atoms with Crippen molar-refractivity contribution in [2.24, 2.45) is 4.99 Å². The van der Waals surface area contributed by atoms with E-state index in [4.69, 9.17) is 11.6 Å². The summed E-state index contributed by atoms with van der Waals surface area (Å²) < 4.78 is 12.9. The highest BCUT2D eigenvalue weighted by atomic mass is 35.5. The summed E-state index contributed by atoms with van der Waals surface area (Å²) in [5.74, 6) is -0.537. The van der Waals surface area contributed by atoms with Gasteiger partial charge in [-0.05, 0) is 60.2 Å². The highest BCUT2D eigenvalue weighted by molar-refractivity contribution is 8.18. The van der Waals surface area contributed by atoms with Crippen LogP contribution in [0.2, 0.25) is 5.02 Å². The second kappa shape index (κ2) is 6.56. The Morgan fingerprint density at radius 1 is 1.22 bits per heavy atom. The van der Waals surface area contributed by atoms with E-state index in [1.807, 2.05) is 19.1 Å².